The fourth-order valence-electron chi connectivity index (χ4n) is 5.43. The lowest BCUT2D eigenvalue weighted by Gasteiger charge is -2.45. The van der Waals surface area contributed by atoms with E-state index >= 15 is 0 Å². The third kappa shape index (κ3) is 10.0. The molecule has 2 N–H and O–H groups in total. The number of piperidine rings is 1. The quantitative estimate of drug-likeness (QED) is 0.389. The summed E-state index contributed by atoms with van der Waals surface area (Å²) in [7, 11) is 0. The molecule has 3 amide bonds. The zero-order valence-corrected chi connectivity index (χ0v) is 26.1. The first-order chi connectivity index (χ1) is 19.3. The minimum Gasteiger partial charge on any atom is -0.433 e. The maximum atomic E-state index is 13.6. The molecule has 230 valence electrons. The zero-order valence-electron chi connectivity index (χ0n) is 25.3. The van der Waals surface area contributed by atoms with Crippen LogP contribution in [0, 0.1) is 11.3 Å². The SMILES string of the molecule is CC(C)[C@@H](NC(=O)NCC(C)(C)OC(=O)OCCN1CCOCC1)C(=O)N1CCC(c2ccc(Cl)cc2)C(C)(C)C1. The lowest BCUT2D eigenvalue weighted by Crippen LogP contribution is -2.58. The molecule has 0 aliphatic carbocycles. The molecular formula is C30H47ClN4O6. The summed E-state index contributed by atoms with van der Waals surface area (Å²) >= 11 is 6.08. The second-order valence-corrected chi connectivity index (χ2v) is 13.0. The second-order valence-electron chi connectivity index (χ2n) is 12.6. The van der Waals surface area contributed by atoms with Gasteiger partial charge in [-0.05, 0) is 55.2 Å². The minimum atomic E-state index is -1.00. The summed E-state index contributed by atoms with van der Waals surface area (Å²) in [6, 6.07) is 6.75. The molecule has 2 atom stereocenters. The molecule has 1 unspecified atom stereocenters. The van der Waals surface area contributed by atoms with Gasteiger partial charge < -0.3 is 29.7 Å². The van der Waals surface area contributed by atoms with Crippen LogP contribution in [-0.4, -0.2) is 98.6 Å². The number of ether oxygens (including phenoxy) is 3. The zero-order chi connectivity index (χ0) is 30.2. The predicted molar refractivity (Wildman–Crippen MR) is 158 cm³/mol. The van der Waals surface area contributed by atoms with Crippen LogP contribution in [-0.2, 0) is 19.0 Å². The first-order valence-electron chi connectivity index (χ1n) is 14.5. The van der Waals surface area contributed by atoms with Crippen molar-refractivity contribution >= 4 is 29.7 Å². The third-order valence-electron chi connectivity index (χ3n) is 7.80. The van der Waals surface area contributed by atoms with E-state index < -0.39 is 23.8 Å². The Balaban J connectivity index is 1.47. The van der Waals surface area contributed by atoms with E-state index in [9.17, 15) is 14.4 Å². The molecule has 3 rings (SSSR count). The van der Waals surface area contributed by atoms with Crippen molar-refractivity contribution in [1.29, 1.82) is 0 Å². The monoisotopic (exact) mass is 594 g/mol. The first kappa shape index (κ1) is 32.9. The van der Waals surface area contributed by atoms with Gasteiger partial charge in [0.2, 0.25) is 5.91 Å². The molecule has 2 fully saturated rings. The maximum absolute atomic E-state index is 13.6. The molecule has 2 saturated heterocycles. The van der Waals surface area contributed by atoms with Crippen LogP contribution in [0.2, 0.25) is 5.02 Å². The van der Waals surface area contributed by atoms with Gasteiger partial charge in [0.1, 0.15) is 18.2 Å². The van der Waals surface area contributed by atoms with Gasteiger partial charge in [-0.3, -0.25) is 9.69 Å². The van der Waals surface area contributed by atoms with Crippen LogP contribution in [0.25, 0.3) is 0 Å². The number of benzene rings is 1. The summed E-state index contributed by atoms with van der Waals surface area (Å²) in [6.45, 7) is 16.6. The molecule has 0 bridgehead atoms. The molecule has 0 spiro atoms. The number of nitrogens with one attached hydrogen (secondary N) is 2. The average Bonchev–Trinajstić information content (AvgIpc) is 2.90. The van der Waals surface area contributed by atoms with E-state index in [4.69, 9.17) is 25.8 Å². The number of hydrogen-bond donors (Lipinski definition) is 2. The van der Waals surface area contributed by atoms with E-state index in [-0.39, 0.29) is 30.4 Å². The number of carbonyl (C=O) groups excluding carboxylic acids is 3. The van der Waals surface area contributed by atoms with Crippen LogP contribution in [0.3, 0.4) is 0 Å². The Morgan fingerprint density at radius 3 is 2.39 bits per heavy atom. The molecule has 10 nitrogen and oxygen atoms in total. The van der Waals surface area contributed by atoms with Gasteiger partial charge in [0.15, 0.2) is 0 Å². The van der Waals surface area contributed by atoms with Crippen LogP contribution in [0.5, 0.6) is 0 Å². The fraction of sp³-hybridized carbons (Fsp3) is 0.700. The largest absolute Gasteiger partial charge is 0.508 e. The Morgan fingerprint density at radius 2 is 1.78 bits per heavy atom. The van der Waals surface area contributed by atoms with Gasteiger partial charge in [-0.25, -0.2) is 9.59 Å². The molecule has 0 aromatic heterocycles. The molecule has 0 saturated carbocycles. The van der Waals surface area contributed by atoms with Crippen LogP contribution < -0.4 is 10.6 Å². The van der Waals surface area contributed by atoms with Gasteiger partial charge in [-0.15, -0.1) is 0 Å². The second kappa shape index (κ2) is 14.6. The van der Waals surface area contributed by atoms with Crippen molar-refractivity contribution < 1.29 is 28.6 Å². The molecule has 2 aliphatic rings. The maximum Gasteiger partial charge on any atom is 0.508 e. The van der Waals surface area contributed by atoms with Gasteiger partial charge in [-0.1, -0.05) is 51.4 Å². The number of rotatable bonds is 10. The number of carbonyl (C=O) groups is 3. The predicted octanol–water partition coefficient (Wildman–Crippen LogP) is 4.27. The molecule has 1 aromatic carbocycles. The topological polar surface area (TPSA) is 109 Å². The Kier molecular flexibility index (Phi) is 11.7. The first-order valence-corrected chi connectivity index (χ1v) is 14.9. The molecule has 41 heavy (non-hydrogen) atoms. The average molecular weight is 595 g/mol. The Morgan fingerprint density at radius 1 is 1.12 bits per heavy atom. The number of urea groups is 1. The Bertz CT molecular complexity index is 1030. The van der Waals surface area contributed by atoms with Gasteiger partial charge >= 0.3 is 12.2 Å². The van der Waals surface area contributed by atoms with E-state index in [0.717, 1.165) is 19.5 Å². The van der Waals surface area contributed by atoms with Crippen LogP contribution >= 0.6 is 11.6 Å². The summed E-state index contributed by atoms with van der Waals surface area (Å²) in [4.78, 5) is 42.6. The lowest BCUT2D eigenvalue weighted by molar-refractivity contribution is -0.137. The standard InChI is InChI=1S/C30H47ClN4O6/c1-21(2)25(26(36)35-12-11-24(29(3,4)20-35)22-7-9-23(31)10-8-22)33-27(37)32-19-30(5,6)41-28(38)40-18-15-34-13-16-39-17-14-34/h7-10,21,24-25H,11-20H2,1-6H3,(H2,32,33,37)/t24?,25-/m1/s1. The summed E-state index contributed by atoms with van der Waals surface area (Å²) in [5.74, 6) is 0.0825. The minimum absolute atomic E-state index is 0.0515. The fourth-order valence-corrected chi connectivity index (χ4v) is 5.55. The number of amides is 3. The number of likely N-dealkylation sites (tertiary alicyclic amines) is 1. The van der Waals surface area contributed by atoms with Crippen molar-refractivity contribution in [3.8, 4) is 0 Å². The summed E-state index contributed by atoms with van der Waals surface area (Å²) in [5.41, 5.74) is 0.0670. The highest BCUT2D eigenvalue weighted by Crippen LogP contribution is 2.42. The van der Waals surface area contributed by atoms with Gasteiger partial charge in [0, 0.05) is 37.7 Å². The van der Waals surface area contributed by atoms with E-state index in [1.807, 2.05) is 30.9 Å². The van der Waals surface area contributed by atoms with E-state index in [1.54, 1.807) is 13.8 Å². The number of hydrogen-bond acceptors (Lipinski definition) is 7. The van der Waals surface area contributed by atoms with Crippen molar-refractivity contribution in [2.75, 3.05) is 59.1 Å². The van der Waals surface area contributed by atoms with Crippen molar-refractivity contribution in [3.05, 3.63) is 34.9 Å². The van der Waals surface area contributed by atoms with Crippen molar-refractivity contribution in [2.24, 2.45) is 11.3 Å². The number of halogens is 1. The van der Waals surface area contributed by atoms with E-state index in [2.05, 4.69) is 41.5 Å². The van der Waals surface area contributed by atoms with Crippen LogP contribution in [0.1, 0.15) is 59.4 Å². The van der Waals surface area contributed by atoms with E-state index in [1.165, 1.54) is 5.56 Å². The van der Waals surface area contributed by atoms with Gasteiger partial charge in [-0.2, -0.15) is 0 Å². The Labute approximate surface area is 249 Å². The van der Waals surface area contributed by atoms with Crippen molar-refractivity contribution in [2.45, 2.75) is 65.5 Å². The lowest BCUT2D eigenvalue weighted by atomic mass is 9.70. The molecule has 11 heteroatoms. The summed E-state index contributed by atoms with van der Waals surface area (Å²) in [5, 5.41) is 6.29. The van der Waals surface area contributed by atoms with E-state index in [0.29, 0.717) is 43.8 Å². The summed E-state index contributed by atoms with van der Waals surface area (Å²) < 4.78 is 15.9. The van der Waals surface area contributed by atoms with Crippen molar-refractivity contribution in [3.63, 3.8) is 0 Å². The van der Waals surface area contributed by atoms with Crippen molar-refractivity contribution in [1.82, 2.24) is 20.4 Å². The Hall–Kier alpha value is -2.56. The molecule has 1 aromatic rings. The molecule has 2 aliphatic heterocycles. The number of nitrogens with zero attached hydrogens (tertiary/aromatic N) is 2. The molecule has 0 radical (unpaired) electrons. The highest BCUT2D eigenvalue weighted by molar-refractivity contribution is 6.30. The normalized spacial score (nSPS) is 20.3. The summed E-state index contributed by atoms with van der Waals surface area (Å²) in [6.07, 6.45) is 0.0381. The van der Waals surface area contributed by atoms with Gasteiger partial charge in [0.25, 0.3) is 0 Å². The smallest absolute Gasteiger partial charge is 0.433 e. The highest BCUT2D eigenvalue weighted by atomic mass is 35.5. The van der Waals surface area contributed by atoms with Crippen LogP contribution in [0.4, 0.5) is 9.59 Å². The number of morpholine rings is 1. The molecular weight excluding hydrogens is 548 g/mol. The highest BCUT2D eigenvalue weighted by Gasteiger charge is 2.40. The van der Waals surface area contributed by atoms with Gasteiger partial charge in [0.05, 0.1) is 19.8 Å². The molecule has 2 heterocycles. The third-order valence-corrected chi connectivity index (χ3v) is 8.05. The van der Waals surface area contributed by atoms with Crippen LogP contribution in [0.15, 0.2) is 24.3 Å².